The van der Waals surface area contributed by atoms with E-state index in [0.717, 1.165) is 6.42 Å². The van der Waals surface area contributed by atoms with E-state index in [9.17, 15) is 17.6 Å². The van der Waals surface area contributed by atoms with Gasteiger partial charge in [-0.25, -0.2) is 8.78 Å². The minimum atomic E-state index is -2.76. The van der Waals surface area contributed by atoms with Crippen molar-refractivity contribution < 1.29 is 22.3 Å². The summed E-state index contributed by atoms with van der Waals surface area (Å²) in [6, 6.07) is 2.65. The molecule has 1 aromatic rings. The molecule has 0 amide bonds. The van der Waals surface area contributed by atoms with Crippen molar-refractivity contribution in [3.8, 4) is 11.8 Å². The zero-order valence-electron chi connectivity index (χ0n) is 13.0. The molecule has 0 unspecified atom stereocenters. The lowest BCUT2D eigenvalue weighted by Crippen LogP contribution is -2.23. The zero-order chi connectivity index (χ0) is 16.8. The average Bonchev–Trinajstić information content (AvgIpc) is 2.48. The Morgan fingerprint density at radius 1 is 1.13 bits per heavy atom. The monoisotopic (exact) mass is 328 g/mol. The smallest absolute Gasteiger partial charge is 0.320 e. The second-order valence-corrected chi connectivity index (χ2v) is 5.82. The first-order valence-corrected chi connectivity index (χ1v) is 7.92. The summed E-state index contributed by atoms with van der Waals surface area (Å²) in [5.74, 6) is 4.13. The van der Waals surface area contributed by atoms with Crippen LogP contribution in [-0.4, -0.2) is 12.7 Å². The highest BCUT2D eigenvalue weighted by Crippen LogP contribution is 2.27. The quantitative estimate of drug-likeness (QED) is 0.554. The van der Waals surface area contributed by atoms with Gasteiger partial charge in [-0.1, -0.05) is 25.2 Å². The van der Waals surface area contributed by atoms with Crippen molar-refractivity contribution >= 4 is 0 Å². The van der Waals surface area contributed by atoms with Crippen LogP contribution in [0.3, 0.4) is 0 Å². The molecule has 0 saturated heterocycles. The topological polar surface area (TPSA) is 9.23 Å². The molecule has 0 spiro atoms. The molecule has 0 radical (unpaired) electrons. The van der Waals surface area contributed by atoms with Gasteiger partial charge < -0.3 is 4.74 Å². The largest absolute Gasteiger partial charge is 0.345 e. The molecular formula is C18H20F4O. The fraction of sp³-hybridized carbons (Fsp3) is 0.556. The van der Waals surface area contributed by atoms with E-state index in [1.54, 1.807) is 0 Å². The second kappa shape index (κ2) is 8.35. The van der Waals surface area contributed by atoms with Crippen LogP contribution in [0.2, 0.25) is 0 Å². The van der Waals surface area contributed by atoms with Crippen molar-refractivity contribution in [2.75, 3.05) is 0 Å². The highest BCUT2D eigenvalue weighted by atomic mass is 19.3. The molecule has 1 fully saturated rings. The lowest BCUT2D eigenvalue weighted by Gasteiger charge is -2.25. The molecule has 126 valence electrons. The maximum Gasteiger partial charge on any atom is 0.345 e. The molecule has 5 heteroatoms. The number of benzene rings is 1. The first-order valence-electron chi connectivity index (χ1n) is 7.92. The summed E-state index contributed by atoms with van der Waals surface area (Å²) in [5, 5.41) is 0. The van der Waals surface area contributed by atoms with E-state index in [1.807, 2.05) is 6.92 Å². The molecule has 0 atom stereocenters. The molecule has 1 saturated carbocycles. The molecular weight excluding hydrogens is 308 g/mol. The highest BCUT2D eigenvalue weighted by Gasteiger charge is 2.23. The first kappa shape index (κ1) is 17.8. The number of hydrogen-bond acceptors (Lipinski definition) is 1. The summed E-state index contributed by atoms with van der Waals surface area (Å²) in [6.45, 7) is -0.815. The molecule has 0 aromatic heterocycles. The first-order chi connectivity index (χ1) is 11.0. The maximum absolute atomic E-state index is 13.9. The Labute approximate surface area is 134 Å². The number of aryl methyl sites for hydroxylation is 1. The summed E-state index contributed by atoms with van der Waals surface area (Å²) in [7, 11) is 0. The van der Waals surface area contributed by atoms with Crippen LogP contribution in [0, 0.1) is 29.4 Å². The van der Waals surface area contributed by atoms with E-state index in [2.05, 4.69) is 16.6 Å². The minimum Gasteiger partial charge on any atom is -0.320 e. The second-order valence-electron chi connectivity index (χ2n) is 5.82. The van der Waals surface area contributed by atoms with Crippen molar-refractivity contribution in [3.05, 3.63) is 34.9 Å². The van der Waals surface area contributed by atoms with Crippen LogP contribution in [-0.2, 0) is 11.2 Å². The molecule has 1 aliphatic rings. The van der Waals surface area contributed by atoms with Gasteiger partial charge in [0.2, 0.25) is 0 Å². The van der Waals surface area contributed by atoms with E-state index in [-0.39, 0.29) is 11.5 Å². The van der Waals surface area contributed by atoms with Crippen LogP contribution >= 0.6 is 0 Å². The van der Waals surface area contributed by atoms with Crippen LogP contribution in [0.4, 0.5) is 17.6 Å². The van der Waals surface area contributed by atoms with Gasteiger partial charge >= 0.3 is 6.61 Å². The van der Waals surface area contributed by atoms with Crippen molar-refractivity contribution in [2.24, 2.45) is 5.92 Å². The number of alkyl halides is 2. The summed E-state index contributed by atoms with van der Waals surface area (Å²) < 4.78 is 56.6. The number of ether oxygens (including phenoxy) is 1. The van der Waals surface area contributed by atoms with Gasteiger partial charge in [0.25, 0.3) is 0 Å². The molecule has 0 aliphatic heterocycles. The van der Waals surface area contributed by atoms with Gasteiger partial charge in [0.05, 0.1) is 11.7 Å². The van der Waals surface area contributed by atoms with Crippen LogP contribution in [0.25, 0.3) is 0 Å². The van der Waals surface area contributed by atoms with Gasteiger partial charge in [0.1, 0.15) is 11.6 Å². The lowest BCUT2D eigenvalue weighted by molar-refractivity contribution is -0.170. The predicted octanol–water partition coefficient (Wildman–Crippen LogP) is 5.07. The highest BCUT2D eigenvalue weighted by molar-refractivity contribution is 5.39. The Morgan fingerprint density at radius 3 is 2.26 bits per heavy atom. The van der Waals surface area contributed by atoms with Crippen molar-refractivity contribution in [1.29, 1.82) is 0 Å². The van der Waals surface area contributed by atoms with Crippen LogP contribution in [0.1, 0.15) is 50.2 Å². The van der Waals surface area contributed by atoms with E-state index < -0.39 is 24.3 Å². The van der Waals surface area contributed by atoms with Crippen LogP contribution in [0.5, 0.6) is 0 Å². The van der Waals surface area contributed by atoms with Gasteiger partial charge in [-0.2, -0.15) is 8.78 Å². The SMILES string of the molecule is CCCc1cc(F)c(C#C[C@H]2CC[C@H](OC(F)F)CC2)c(F)c1. The van der Waals surface area contributed by atoms with Crippen molar-refractivity contribution in [2.45, 2.75) is 58.2 Å². The van der Waals surface area contributed by atoms with Gasteiger partial charge in [-0.3, -0.25) is 0 Å². The summed E-state index contributed by atoms with van der Waals surface area (Å²) in [4.78, 5) is 0. The van der Waals surface area contributed by atoms with E-state index in [1.165, 1.54) is 12.1 Å². The fourth-order valence-corrected chi connectivity index (χ4v) is 2.84. The van der Waals surface area contributed by atoms with Crippen molar-refractivity contribution in [3.63, 3.8) is 0 Å². The number of halogens is 4. The summed E-state index contributed by atoms with van der Waals surface area (Å²) >= 11 is 0. The third-order valence-corrected chi connectivity index (χ3v) is 4.01. The Kier molecular flexibility index (Phi) is 6.47. The van der Waals surface area contributed by atoms with Gasteiger partial charge in [0.15, 0.2) is 0 Å². The number of rotatable bonds is 4. The Hall–Kier alpha value is -1.54. The number of hydrogen-bond donors (Lipinski definition) is 0. The van der Waals surface area contributed by atoms with Gasteiger partial charge in [-0.05, 0) is 49.8 Å². The van der Waals surface area contributed by atoms with Gasteiger partial charge in [-0.15, -0.1) is 0 Å². The maximum atomic E-state index is 13.9. The van der Waals surface area contributed by atoms with Gasteiger partial charge in [0, 0.05) is 5.92 Å². The molecule has 23 heavy (non-hydrogen) atoms. The minimum absolute atomic E-state index is 0.0401. The summed E-state index contributed by atoms with van der Waals surface area (Å²) in [5.41, 5.74) is 0.411. The molecule has 2 rings (SSSR count). The Balaban J connectivity index is 2.00. The van der Waals surface area contributed by atoms with Crippen molar-refractivity contribution in [1.82, 2.24) is 0 Å². The predicted molar refractivity (Wildman–Crippen MR) is 80.1 cm³/mol. The molecule has 1 aliphatic carbocycles. The summed E-state index contributed by atoms with van der Waals surface area (Å²) in [6.07, 6.45) is 3.16. The van der Waals surface area contributed by atoms with E-state index in [0.29, 0.717) is 37.7 Å². The standard InChI is InChI=1S/C18H20F4O/c1-2-3-13-10-16(19)15(17(20)11-13)9-6-12-4-7-14(8-5-12)23-18(21)22/h10-12,14,18H,2-5,7-8H2,1H3/t12-,14-. The lowest BCUT2D eigenvalue weighted by atomic mass is 9.87. The molecule has 0 bridgehead atoms. The third kappa shape index (κ3) is 5.24. The van der Waals surface area contributed by atoms with E-state index in [4.69, 9.17) is 0 Å². The molecule has 0 N–H and O–H groups in total. The fourth-order valence-electron chi connectivity index (χ4n) is 2.84. The Morgan fingerprint density at radius 2 is 1.74 bits per heavy atom. The van der Waals surface area contributed by atoms with Crippen LogP contribution < -0.4 is 0 Å². The third-order valence-electron chi connectivity index (χ3n) is 4.01. The van der Waals surface area contributed by atoms with E-state index >= 15 is 0 Å². The molecule has 1 nitrogen and oxygen atoms in total. The Bertz CT molecular complexity index is 557. The zero-order valence-corrected chi connectivity index (χ0v) is 13.0. The van der Waals surface area contributed by atoms with Crippen LogP contribution in [0.15, 0.2) is 12.1 Å². The average molecular weight is 328 g/mol. The molecule has 1 aromatic carbocycles. The normalized spacial score (nSPS) is 21.1. The molecule has 0 heterocycles.